The molecule has 1 amide bonds. The van der Waals surface area contributed by atoms with Crippen LogP contribution in [0.15, 0.2) is 30.3 Å². The van der Waals surface area contributed by atoms with E-state index in [1.54, 1.807) is 11.3 Å². The zero-order valence-electron chi connectivity index (χ0n) is 12.4. The minimum atomic E-state index is 0.00598. The molecular formula is C17H17N3OS. The molecule has 0 atom stereocenters. The highest BCUT2D eigenvalue weighted by molar-refractivity contribution is 7.14. The number of imidazole rings is 1. The van der Waals surface area contributed by atoms with E-state index in [0.29, 0.717) is 6.54 Å². The second-order valence-electron chi connectivity index (χ2n) is 5.67. The van der Waals surface area contributed by atoms with Crippen LogP contribution in [0.1, 0.15) is 32.4 Å². The molecule has 2 heterocycles. The number of carbonyl (C=O) groups is 1. The van der Waals surface area contributed by atoms with E-state index in [-0.39, 0.29) is 5.91 Å². The molecule has 0 fully saturated rings. The Morgan fingerprint density at radius 1 is 1.36 bits per heavy atom. The van der Waals surface area contributed by atoms with Crippen molar-refractivity contribution < 1.29 is 4.79 Å². The van der Waals surface area contributed by atoms with Crippen LogP contribution in [-0.4, -0.2) is 15.5 Å². The summed E-state index contributed by atoms with van der Waals surface area (Å²) in [5, 5.41) is 2.99. The number of aryl methyl sites for hydroxylation is 3. The molecule has 0 unspecified atom stereocenters. The van der Waals surface area contributed by atoms with Crippen LogP contribution in [0, 0.1) is 0 Å². The number of carbonyl (C=O) groups excluding carboxylic acids is 1. The maximum absolute atomic E-state index is 12.3. The maximum Gasteiger partial charge on any atom is 0.261 e. The van der Waals surface area contributed by atoms with E-state index in [1.807, 2.05) is 35.9 Å². The standard InChI is InChI=1S/C17H17N3OS/c1-20-13-7-3-2-6-12(13)19-16(20)10-18-17(21)15-9-11-5-4-8-14(11)22-15/h2-3,6-7,9H,4-5,8,10H2,1H3,(H,18,21). The number of para-hydroxylation sites is 2. The molecule has 22 heavy (non-hydrogen) atoms. The van der Waals surface area contributed by atoms with Gasteiger partial charge in [-0.3, -0.25) is 4.79 Å². The highest BCUT2D eigenvalue weighted by Gasteiger charge is 2.18. The van der Waals surface area contributed by atoms with E-state index < -0.39 is 0 Å². The molecule has 0 radical (unpaired) electrons. The Morgan fingerprint density at radius 2 is 2.23 bits per heavy atom. The van der Waals surface area contributed by atoms with Crippen LogP contribution < -0.4 is 5.32 Å². The molecule has 1 aliphatic rings. The SMILES string of the molecule is Cn1c(CNC(=O)c2cc3c(s2)CCC3)nc2ccccc21. The lowest BCUT2D eigenvalue weighted by atomic mass is 10.2. The quantitative estimate of drug-likeness (QED) is 0.808. The fourth-order valence-electron chi connectivity index (χ4n) is 3.04. The van der Waals surface area contributed by atoms with Crippen LogP contribution in [0.3, 0.4) is 0 Å². The number of fused-ring (bicyclic) bond motifs is 2. The summed E-state index contributed by atoms with van der Waals surface area (Å²) in [4.78, 5) is 19.1. The molecule has 0 saturated carbocycles. The lowest BCUT2D eigenvalue weighted by Gasteiger charge is -2.04. The summed E-state index contributed by atoms with van der Waals surface area (Å²) in [7, 11) is 1.98. The number of nitrogens with one attached hydrogen (secondary N) is 1. The van der Waals surface area contributed by atoms with Crippen molar-refractivity contribution in [3.8, 4) is 0 Å². The predicted octanol–water partition coefficient (Wildman–Crippen LogP) is 3.05. The number of benzene rings is 1. The summed E-state index contributed by atoms with van der Waals surface area (Å²) >= 11 is 1.64. The number of thiophene rings is 1. The van der Waals surface area contributed by atoms with E-state index in [4.69, 9.17) is 0 Å². The molecule has 0 saturated heterocycles. The van der Waals surface area contributed by atoms with Gasteiger partial charge < -0.3 is 9.88 Å². The normalized spacial score (nSPS) is 13.5. The third kappa shape index (κ3) is 2.22. The molecule has 1 N–H and O–H groups in total. The van der Waals surface area contributed by atoms with Gasteiger partial charge in [0, 0.05) is 11.9 Å². The van der Waals surface area contributed by atoms with E-state index in [2.05, 4.69) is 16.4 Å². The van der Waals surface area contributed by atoms with Crippen LogP contribution >= 0.6 is 11.3 Å². The number of aromatic nitrogens is 2. The topological polar surface area (TPSA) is 46.9 Å². The van der Waals surface area contributed by atoms with Gasteiger partial charge in [0.25, 0.3) is 5.91 Å². The summed E-state index contributed by atoms with van der Waals surface area (Å²) in [6.07, 6.45) is 3.46. The first-order valence-electron chi connectivity index (χ1n) is 7.52. The molecule has 1 aliphatic carbocycles. The number of rotatable bonds is 3. The molecule has 4 nitrogen and oxygen atoms in total. The molecule has 0 bridgehead atoms. The van der Waals surface area contributed by atoms with Gasteiger partial charge in [0.15, 0.2) is 0 Å². The van der Waals surface area contributed by atoms with Crippen molar-refractivity contribution in [2.24, 2.45) is 7.05 Å². The number of hydrogen-bond donors (Lipinski definition) is 1. The van der Waals surface area contributed by atoms with Gasteiger partial charge in [-0.05, 0) is 43.0 Å². The second-order valence-corrected chi connectivity index (χ2v) is 6.81. The van der Waals surface area contributed by atoms with E-state index in [0.717, 1.165) is 34.6 Å². The summed E-state index contributed by atoms with van der Waals surface area (Å²) in [5.74, 6) is 0.880. The molecule has 3 aromatic rings. The number of amides is 1. The van der Waals surface area contributed by atoms with Gasteiger partial charge in [-0.1, -0.05) is 12.1 Å². The van der Waals surface area contributed by atoms with Crippen molar-refractivity contribution in [1.29, 1.82) is 0 Å². The van der Waals surface area contributed by atoms with Crippen molar-refractivity contribution in [1.82, 2.24) is 14.9 Å². The Morgan fingerprint density at radius 3 is 3.05 bits per heavy atom. The minimum Gasteiger partial charge on any atom is -0.344 e. The van der Waals surface area contributed by atoms with Crippen LogP contribution in [0.2, 0.25) is 0 Å². The fourth-order valence-corrected chi connectivity index (χ4v) is 4.21. The molecule has 5 heteroatoms. The highest BCUT2D eigenvalue weighted by Crippen LogP contribution is 2.30. The van der Waals surface area contributed by atoms with Crippen molar-refractivity contribution in [2.45, 2.75) is 25.8 Å². The molecule has 4 rings (SSSR count). The first kappa shape index (κ1) is 13.5. The van der Waals surface area contributed by atoms with E-state index in [9.17, 15) is 4.79 Å². The largest absolute Gasteiger partial charge is 0.344 e. The smallest absolute Gasteiger partial charge is 0.261 e. The molecular weight excluding hydrogens is 294 g/mol. The molecule has 0 spiro atoms. The first-order chi connectivity index (χ1) is 10.7. The highest BCUT2D eigenvalue weighted by atomic mass is 32.1. The number of nitrogens with zero attached hydrogens (tertiary/aromatic N) is 2. The summed E-state index contributed by atoms with van der Waals surface area (Å²) in [6, 6.07) is 10.1. The van der Waals surface area contributed by atoms with E-state index >= 15 is 0 Å². The van der Waals surface area contributed by atoms with Crippen LogP contribution in [-0.2, 0) is 26.4 Å². The molecule has 2 aromatic heterocycles. The van der Waals surface area contributed by atoms with Gasteiger partial charge in [-0.15, -0.1) is 11.3 Å². The molecule has 0 aliphatic heterocycles. The average Bonchev–Trinajstić information content (AvgIpc) is 3.19. The number of hydrogen-bond acceptors (Lipinski definition) is 3. The third-order valence-electron chi connectivity index (χ3n) is 4.26. The van der Waals surface area contributed by atoms with Gasteiger partial charge in [0.1, 0.15) is 5.82 Å². The summed E-state index contributed by atoms with van der Waals surface area (Å²) in [6.45, 7) is 0.451. The lowest BCUT2D eigenvalue weighted by Crippen LogP contribution is -2.23. The zero-order valence-corrected chi connectivity index (χ0v) is 13.2. The second kappa shape index (κ2) is 5.25. The van der Waals surface area contributed by atoms with Crippen LogP contribution in [0.5, 0.6) is 0 Å². The van der Waals surface area contributed by atoms with Gasteiger partial charge in [0.2, 0.25) is 0 Å². The first-order valence-corrected chi connectivity index (χ1v) is 8.34. The maximum atomic E-state index is 12.3. The van der Waals surface area contributed by atoms with Gasteiger partial charge in [-0.2, -0.15) is 0 Å². The average molecular weight is 311 g/mol. The van der Waals surface area contributed by atoms with Gasteiger partial charge in [-0.25, -0.2) is 4.98 Å². The predicted molar refractivity (Wildman–Crippen MR) is 88.2 cm³/mol. The van der Waals surface area contributed by atoms with Crippen molar-refractivity contribution in [3.63, 3.8) is 0 Å². The third-order valence-corrected chi connectivity index (χ3v) is 5.49. The Bertz CT molecular complexity index is 841. The van der Waals surface area contributed by atoms with Crippen molar-refractivity contribution >= 4 is 28.3 Å². The van der Waals surface area contributed by atoms with Gasteiger partial charge in [0.05, 0.1) is 22.5 Å². The Kier molecular flexibility index (Phi) is 3.22. The lowest BCUT2D eigenvalue weighted by molar-refractivity contribution is 0.0953. The van der Waals surface area contributed by atoms with Crippen LogP contribution in [0.4, 0.5) is 0 Å². The Balaban J connectivity index is 1.51. The zero-order chi connectivity index (χ0) is 15.1. The van der Waals surface area contributed by atoms with Gasteiger partial charge >= 0.3 is 0 Å². The molecule has 112 valence electrons. The van der Waals surface area contributed by atoms with Crippen molar-refractivity contribution in [2.75, 3.05) is 0 Å². The summed E-state index contributed by atoms with van der Waals surface area (Å²) in [5.41, 5.74) is 3.41. The van der Waals surface area contributed by atoms with E-state index in [1.165, 1.54) is 16.9 Å². The monoisotopic (exact) mass is 311 g/mol. The molecule has 1 aromatic carbocycles. The van der Waals surface area contributed by atoms with Crippen molar-refractivity contribution in [3.05, 3.63) is 51.5 Å². The summed E-state index contributed by atoms with van der Waals surface area (Å²) < 4.78 is 2.03. The fraction of sp³-hybridized carbons (Fsp3) is 0.294. The van der Waals surface area contributed by atoms with Crippen LogP contribution in [0.25, 0.3) is 11.0 Å². The Labute approximate surface area is 132 Å². The Hall–Kier alpha value is -2.14. The minimum absolute atomic E-state index is 0.00598.